The van der Waals surface area contributed by atoms with E-state index in [2.05, 4.69) is 35.7 Å². The van der Waals surface area contributed by atoms with Gasteiger partial charge >= 0.3 is 0 Å². The molecule has 5 heteroatoms. The lowest BCUT2D eigenvalue weighted by atomic mass is 10.2. The first-order chi connectivity index (χ1) is 10.6. The van der Waals surface area contributed by atoms with Crippen LogP contribution in [0.2, 0.25) is 0 Å². The van der Waals surface area contributed by atoms with Gasteiger partial charge in [0.1, 0.15) is 11.6 Å². The van der Waals surface area contributed by atoms with E-state index in [4.69, 9.17) is 9.72 Å². The zero-order valence-corrected chi connectivity index (χ0v) is 14.0. The largest absolute Gasteiger partial charge is 0.374 e. The molecule has 1 aromatic rings. The Labute approximate surface area is 133 Å². The summed E-state index contributed by atoms with van der Waals surface area (Å²) >= 11 is 0. The van der Waals surface area contributed by atoms with E-state index in [0.717, 1.165) is 50.3 Å². The molecule has 0 radical (unpaired) electrons. The van der Waals surface area contributed by atoms with Crippen molar-refractivity contribution < 1.29 is 4.74 Å². The van der Waals surface area contributed by atoms with E-state index in [-0.39, 0.29) is 6.10 Å². The second-order valence-electron chi connectivity index (χ2n) is 7.03. The normalized spacial score (nSPS) is 23.0. The van der Waals surface area contributed by atoms with Crippen LogP contribution in [0.25, 0.3) is 0 Å². The molecule has 1 aliphatic heterocycles. The van der Waals surface area contributed by atoms with Gasteiger partial charge in [0.2, 0.25) is 0 Å². The fourth-order valence-electron chi connectivity index (χ4n) is 2.91. The Morgan fingerprint density at radius 2 is 2.18 bits per heavy atom. The van der Waals surface area contributed by atoms with E-state index in [1.54, 1.807) is 0 Å². The number of hydrogen-bond donors (Lipinski definition) is 0. The highest BCUT2D eigenvalue weighted by atomic mass is 16.5. The molecular weight excluding hydrogens is 276 g/mol. The number of aromatic nitrogens is 2. The minimum atomic E-state index is 0.273. The molecule has 2 aliphatic rings. The molecule has 0 aromatic carbocycles. The first-order valence-electron chi connectivity index (χ1n) is 8.50. The van der Waals surface area contributed by atoms with Crippen molar-refractivity contribution in [3.05, 3.63) is 18.1 Å². The van der Waals surface area contributed by atoms with E-state index < -0.39 is 0 Å². The number of anilines is 1. The molecule has 1 saturated carbocycles. The van der Waals surface area contributed by atoms with Gasteiger partial charge in [-0.1, -0.05) is 13.8 Å². The summed E-state index contributed by atoms with van der Waals surface area (Å²) in [4.78, 5) is 13.9. The van der Waals surface area contributed by atoms with Crippen LogP contribution in [0.4, 0.5) is 5.82 Å². The van der Waals surface area contributed by atoms with Gasteiger partial charge in [-0.2, -0.15) is 0 Å². The summed E-state index contributed by atoms with van der Waals surface area (Å²) in [7, 11) is 2.17. The van der Waals surface area contributed by atoms with Gasteiger partial charge in [-0.15, -0.1) is 0 Å². The van der Waals surface area contributed by atoms with Gasteiger partial charge in [0, 0.05) is 38.3 Å². The SMILES string of the molecule is CC(C)c1nccc(N(CC2CC2)C[C@H]2CN(C)CCO2)n1. The topological polar surface area (TPSA) is 41.5 Å². The summed E-state index contributed by atoms with van der Waals surface area (Å²) in [5, 5.41) is 0. The van der Waals surface area contributed by atoms with Crippen LogP contribution in [0.3, 0.4) is 0 Å². The van der Waals surface area contributed by atoms with E-state index in [9.17, 15) is 0 Å². The molecule has 1 saturated heterocycles. The fourth-order valence-corrected chi connectivity index (χ4v) is 2.91. The summed E-state index contributed by atoms with van der Waals surface area (Å²) < 4.78 is 5.95. The molecule has 1 aromatic heterocycles. The Morgan fingerprint density at radius 1 is 1.36 bits per heavy atom. The van der Waals surface area contributed by atoms with Crippen LogP contribution in [-0.4, -0.2) is 60.8 Å². The Morgan fingerprint density at radius 3 is 2.86 bits per heavy atom. The molecule has 0 bridgehead atoms. The lowest BCUT2D eigenvalue weighted by molar-refractivity contribution is -0.0149. The van der Waals surface area contributed by atoms with Crippen LogP contribution in [0.15, 0.2) is 12.3 Å². The predicted molar refractivity (Wildman–Crippen MR) is 88.3 cm³/mol. The second-order valence-corrected chi connectivity index (χ2v) is 7.03. The van der Waals surface area contributed by atoms with Crippen molar-refractivity contribution in [3.63, 3.8) is 0 Å². The highest BCUT2D eigenvalue weighted by Crippen LogP contribution is 2.31. The summed E-state index contributed by atoms with van der Waals surface area (Å²) in [6.45, 7) is 9.17. The first-order valence-corrected chi connectivity index (χ1v) is 8.50. The highest BCUT2D eigenvalue weighted by Gasteiger charge is 2.28. The zero-order valence-electron chi connectivity index (χ0n) is 14.0. The monoisotopic (exact) mass is 304 g/mol. The molecule has 0 unspecified atom stereocenters. The van der Waals surface area contributed by atoms with Crippen molar-refractivity contribution in [2.24, 2.45) is 5.92 Å². The Hall–Kier alpha value is -1.20. The van der Waals surface area contributed by atoms with Gasteiger partial charge in [-0.25, -0.2) is 9.97 Å². The smallest absolute Gasteiger partial charge is 0.133 e. The fraction of sp³-hybridized carbons (Fsp3) is 0.765. The Kier molecular flexibility index (Phi) is 4.93. The number of likely N-dealkylation sites (N-methyl/N-ethyl adjacent to an activating group) is 1. The van der Waals surface area contributed by atoms with Crippen molar-refractivity contribution in [3.8, 4) is 0 Å². The Balaban J connectivity index is 1.72. The highest BCUT2D eigenvalue weighted by molar-refractivity contribution is 5.38. The molecule has 5 nitrogen and oxygen atoms in total. The summed E-state index contributed by atoms with van der Waals surface area (Å²) in [6.07, 6.45) is 4.87. The number of ether oxygens (including phenoxy) is 1. The predicted octanol–water partition coefficient (Wildman–Crippen LogP) is 2.15. The van der Waals surface area contributed by atoms with Crippen molar-refractivity contribution in [1.82, 2.24) is 14.9 Å². The van der Waals surface area contributed by atoms with Crippen LogP contribution >= 0.6 is 0 Å². The third kappa shape index (κ3) is 4.17. The molecule has 2 heterocycles. The van der Waals surface area contributed by atoms with Crippen LogP contribution in [-0.2, 0) is 4.74 Å². The Bertz CT molecular complexity index is 489. The van der Waals surface area contributed by atoms with Crippen LogP contribution < -0.4 is 4.90 Å². The summed E-state index contributed by atoms with van der Waals surface area (Å²) in [6, 6.07) is 2.04. The minimum Gasteiger partial charge on any atom is -0.374 e. The lowest BCUT2D eigenvalue weighted by Crippen LogP contribution is -2.46. The van der Waals surface area contributed by atoms with Gasteiger partial charge in [-0.3, -0.25) is 0 Å². The standard InChI is InChI=1S/C17H28N4O/c1-13(2)17-18-7-6-16(19-17)21(10-14-4-5-14)12-15-11-20(3)8-9-22-15/h6-7,13-15H,4-5,8-12H2,1-3H3/t15-/m1/s1. The number of nitrogens with zero attached hydrogens (tertiary/aromatic N) is 4. The van der Waals surface area contributed by atoms with E-state index in [0.29, 0.717) is 5.92 Å². The molecular formula is C17H28N4O. The average molecular weight is 304 g/mol. The minimum absolute atomic E-state index is 0.273. The van der Waals surface area contributed by atoms with E-state index in [1.165, 1.54) is 12.8 Å². The molecule has 122 valence electrons. The summed E-state index contributed by atoms with van der Waals surface area (Å²) in [5.41, 5.74) is 0. The van der Waals surface area contributed by atoms with Crippen LogP contribution in [0.1, 0.15) is 38.4 Å². The molecule has 0 amide bonds. The van der Waals surface area contributed by atoms with Crippen molar-refractivity contribution >= 4 is 5.82 Å². The molecule has 0 N–H and O–H groups in total. The van der Waals surface area contributed by atoms with Gasteiger partial charge in [0.15, 0.2) is 0 Å². The lowest BCUT2D eigenvalue weighted by Gasteiger charge is -2.34. The maximum atomic E-state index is 5.95. The van der Waals surface area contributed by atoms with Crippen LogP contribution in [0, 0.1) is 5.92 Å². The van der Waals surface area contributed by atoms with Crippen molar-refractivity contribution in [1.29, 1.82) is 0 Å². The molecule has 2 fully saturated rings. The van der Waals surface area contributed by atoms with Gasteiger partial charge in [-0.05, 0) is 31.9 Å². The van der Waals surface area contributed by atoms with E-state index >= 15 is 0 Å². The number of hydrogen-bond acceptors (Lipinski definition) is 5. The first kappa shape index (κ1) is 15.7. The summed E-state index contributed by atoms with van der Waals surface area (Å²) in [5.74, 6) is 3.18. The van der Waals surface area contributed by atoms with Gasteiger partial charge in [0.25, 0.3) is 0 Å². The maximum absolute atomic E-state index is 5.95. The van der Waals surface area contributed by atoms with Gasteiger partial charge < -0.3 is 14.5 Å². The molecule has 1 atom stereocenters. The third-order valence-electron chi connectivity index (χ3n) is 4.44. The van der Waals surface area contributed by atoms with Crippen molar-refractivity contribution in [2.45, 2.75) is 38.7 Å². The quantitative estimate of drug-likeness (QED) is 0.805. The molecule has 1 aliphatic carbocycles. The van der Waals surface area contributed by atoms with Gasteiger partial charge in [0.05, 0.1) is 12.7 Å². The molecule has 0 spiro atoms. The molecule has 3 rings (SSSR count). The second kappa shape index (κ2) is 6.92. The number of rotatable bonds is 6. The van der Waals surface area contributed by atoms with Crippen molar-refractivity contribution in [2.75, 3.05) is 44.7 Å². The van der Waals surface area contributed by atoms with E-state index in [1.807, 2.05) is 12.3 Å². The number of morpholine rings is 1. The maximum Gasteiger partial charge on any atom is 0.133 e. The average Bonchev–Trinajstić information content (AvgIpc) is 3.31. The molecule has 22 heavy (non-hydrogen) atoms. The zero-order chi connectivity index (χ0) is 15.5. The third-order valence-corrected chi connectivity index (χ3v) is 4.44. The van der Waals surface area contributed by atoms with Crippen LogP contribution in [0.5, 0.6) is 0 Å².